The van der Waals surface area contributed by atoms with Crippen molar-refractivity contribution in [1.82, 2.24) is 4.98 Å². The lowest BCUT2D eigenvalue weighted by Crippen LogP contribution is -2.24. The molecule has 0 amide bonds. The van der Waals surface area contributed by atoms with E-state index in [0.717, 1.165) is 11.1 Å². The third-order valence-corrected chi connectivity index (χ3v) is 2.41. The van der Waals surface area contributed by atoms with Crippen molar-refractivity contribution in [2.45, 2.75) is 26.4 Å². The first-order valence-corrected chi connectivity index (χ1v) is 5.93. The molecule has 2 aromatic rings. The molecule has 0 aliphatic heterocycles. The summed E-state index contributed by atoms with van der Waals surface area (Å²) in [5.74, 6) is -0.329. The van der Waals surface area contributed by atoms with Gasteiger partial charge in [-0.3, -0.25) is 0 Å². The summed E-state index contributed by atoms with van der Waals surface area (Å²) in [5, 5.41) is 0. The molecule has 1 aromatic heterocycles. The molecule has 3 heteroatoms. The van der Waals surface area contributed by atoms with Crippen molar-refractivity contribution < 1.29 is 9.53 Å². The zero-order valence-corrected chi connectivity index (χ0v) is 10.9. The van der Waals surface area contributed by atoms with Gasteiger partial charge in [0.15, 0.2) is 0 Å². The zero-order valence-electron chi connectivity index (χ0n) is 10.9. The van der Waals surface area contributed by atoms with Crippen LogP contribution in [-0.2, 0) is 4.74 Å². The number of carbonyl (C=O) groups is 1. The van der Waals surface area contributed by atoms with Gasteiger partial charge in [-0.1, -0.05) is 30.3 Å². The van der Waals surface area contributed by atoms with Gasteiger partial charge in [-0.25, -0.2) is 4.79 Å². The van der Waals surface area contributed by atoms with Crippen molar-refractivity contribution in [3.05, 3.63) is 48.3 Å². The van der Waals surface area contributed by atoms with Crippen LogP contribution in [-0.4, -0.2) is 16.6 Å². The van der Waals surface area contributed by atoms with Crippen LogP contribution in [0.4, 0.5) is 0 Å². The van der Waals surface area contributed by atoms with Crippen molar-refractivity contribution in [3.63, 3.8) is 0 Å². The van der Waals surface area contributed by atoms with Crippen molar-refractivity contribution in [2.75, 3.05) is 0 Å². The molecule has 3 nitrogen and oxygen atoms in total. The van der Waals surface area contributed by atoms with Gasteiger partial charge in [0.1, 0.15) is 11.3 Å². The molecular weight excluding hydrogens is 226 g/mol. The summed E-state index contributed by atoms with van der Waals surface area (Å²) >= 11 is 0. The number of H-pyrrole nitrogens is 1. The van der Waals surface area contributed by atoms with E-state index in [1.807, 2.05) is 63.4 Å². The van der Waals surface area contributed by atoms with Gasteiger partial charge >= 0.3 is 5.97 Å². The Morgan fingerprint density at radius 2 is 1.78 bits per heavy atom. The largest absolute Gasteiger partial charge is 0.455 e. The number of ether oxygens (including phenoxy) is 1. The average molecular weight is 243 g/mol. The van der Waals surface area contributed by atoms with E-state index in [1.54, 1.807) is 0 Å². The van der Waals surface area contributed by atoms with Crippen molar-refractivity contribution in [3.8, 4) is 11.1 Å². The zero-order chi connectivity index (χ0) is 13.2. The van der Waals surface area contributed by atoms with Crippen LogP contribution in [0, 0.1) is 0 Å². The summed E-state index contributed by atoms with van der Waals surface area (Å²) in [6.45, 7) is 5.56. The minimum atomic E-state index is -0.477. The second kappa shape index (κ2) is 4.69. The average Bonchev–Trinajstić information content (AvgIpc) is 2.77. The second-order valence-electron chi connectivity index (χ2n) is 5.17. The first kappa shape index (κ1) is 12.4. The summed E-state index contributed by atoms with van der Waals surface area (Å²) < 4.78 is 5.30. The minimum Gasteiger partial charge on any atom is -0.455 e. The number of carbonyl (C=O) groups excluding carboxylic acids is 1. The number of nitrogens with one attached hydrogen (secondary N) is 1. The Hall–Kier alpha value is -2.03. The lowest BCUT2D eigenvalue weighted by molar-refractivity contribution is 0.00636. The second-order valence-corrected chi connectivity index (χ2v) is 5.17. The van der Waals surface area contributed by atoms with E-state index in [4.69, 9.17) is 4.74 Å². The molecule has 94 valence electrons. The van der Waals surface area contributed by atoms with Crippen molar-refractivity contribution in [2.24, 2.45) is 0 Å². The number of aromatic amines is 1. The van der Waals surface area contributed by atoms with E-state index < -0.39 is 5.60 Å². The van der Waals surface area contributed by atoms with Crippen molar-refractivity contribution >= 4 is 5.97 Å². The Morgan fingerprint density at radius 1 is 1.11 bits per heavy atom. The highest BCUT2D eigenvalue weighted by molar-refractivity contribution is 5.89. The van der Waals surface area contributed by atoms with Gasteiger partial charge in [0, 0.05) is 6.20 Å². The quantitative estimate of drug-likeness (QED) is 0.818. The Balaban J connectivity index is 2.19. The first-order valence-electron chi connectivity index (χ1n) is 5.93. The van der Waals surface area contributed by atoms with Crippen molar-refractivity contribution in [1.29, 1.82) is 0 Å². The van der Waals surface area contributed by atoms with Crippen LogP contribution < -0.4 is 0 Å². The smallest absolute Gasteiger partial charge is 0.355 e. The van der Waals surface area contributed by atoms with E-state index in [2.05, 4.69) is 4.98 Å². The predicted octanol–water partition coefficient (Wildman–Crippen LogP) is 3.64. The molecule has 18 heavy (non-hydrogen) atoms. The topological polar surface area (TPSA) is 42.1 Å². The summed E-state index contributed by atoms with van der Waals surface area (Å²) in [5.41, 5.74) is 2.05. The van der Waals surface area contributed by atoms with Gasteiger partial charge in [-0.15, -0.1) is 0 Å². The maximum absolute atomic E-state index is 11.9. The summed E-state index contributed by atoms with van der Waals surface area (Å²) in [6, 6.07) is 11.7. The van der Waals surface area contributed by atoms with E-state index in [0.29, 0.717) is 5.69 Å². The third kappa shape index (κ3) is 3.00. The van der Waals surface area contributed by atoms with E-state index in [-0.39, 0.29) is 5.97 Å². The summed E-state index contributed by atoms with van der Waals surface area (Å²) in [7, 11) is 0. The monoisotopic (exact) mass is 243 g/mol. The molecule has 0 saturated carbocycles. The van der Waals surface area contributed by atoms with E-state index in [9.17, 15) is 4.79 Å². The molecule has 0 atom stereocenters. The molecule has 0 aliphatic rings. The number of rotatable bonds is 2. The SMILES string of the molecule is CC(C)(C)OC(=O)c1cc(-c2ccccc2)c[nH]1. The lowest BCUT2D eigenvalue weighted by atomic mass is 10.1. The number of benzene rings is 1. The highest BCUT2D eigenvalue weighted by atomic mass is 16.6. The fourth-order valence-electron chi connectivity index (χ4n) is 1.64. The molecule has 1 heterocycles. The van der Waals surface area contributed by atoms with Gasteiger partial charge in [-0.2, -0.15) is 0 Å². The molecule has 0 spiro atoms. The molecule has 0 aliphatic carbocycles. The molecule has 0 fully saturated rings. The van der Waals surface area contributed by atoms with Crippen LogP contribution in [0.5, 0.6) is 0 Å². The minimum absolute atomic E-state index is 0.329. The molecular formula is C15H17NO2. The molecule has 0 saturated heterocycles. The Morgan fingerprint density at radius 3 is 2.39 bits per heavy atom. The highest BCUT2D eigenvalue weighted by Crippen LogP contribution is 2.21. The van der Waals surface area contributed by atoms with Gasteiger partial charge in [0.05, 0.1) is 0 Å². The van der Waals surface area contributed by atoms with E-state index in [1.165, 1.54) is 0 Å². The van der Waals surface area contributed by atoms with Crippen LogP contribution >= 0.6 is 0 Å². The van der Waals surface area contributed by atoms with Crippen LogP contribution in [0.2, 0.25) is 0 Å². The van der Waals surface area contributed by atoms with Gasteiger partial charge < -0.3 is 9.72 Å². The normalized spacial score (nSPS) is 11.3. The molecule has 1 N–H and O–H groups in total. The fraction of sp³-hybridized carbons (Fsp3) is 0.267. The molecule has 1 aromatic carbocycles. The van der Waals surface area contributed by atoms with Crippen LogP contribution in [0.15, 0.2) is 42.6 Å². The van der Waals surface area contributed by atoms with Gasteiger partial charge in [0.2, 0.25) is 0 Å². The van der Waals surface area contributed by atoms with Crippen LogP contribution in [0.1, 0.15) is 31.3 Å². The highest BCUT2D eigenvalue weighted by Gasteiger charge is 2.19. The Labute approximate surface area is 107 Å². The summed E-state index contributed by atoms with van der Waals surface area (Å²) in [6.07, 6.45) is 1.81. The predicted molar refractivity (Wildman–Crippen MR) is 71.4 cm³/mol. The molecule has 0 bridgehead atoms. The Bertz CT molecular complexity index is 535. The van der Waals surface area contributed by atoms with Crippen LogP contribution in [0.3, 0.4) is 0 Å². The van der Waals surface area contributed by atoms with E-state index >= 15 is 0 Å². The maximum atomic E-state index is 11.9. The Kier molecular flexibility index (Phi) is 3.24. The fourth-order valence-corrected chi connectivity index (χ4v) is 1.64. The standard InChI is InChI=1S/C15H17NO2/c1-15(2,3)18-14(17)13-9-12(10-16-13)11-7-5-4-6-8-11/h4-10,16H,1-3H3. The van der Waals surface area contributed by atoms with Gasteiger partial charge in [0.25, 0.3) is 0 Å². The molecule has 0 unspecified atom stereocenters. The molecule has 0 radical (unpaired) electrons. The first-order chi connectivity index (χ1) is 8.46. The molecule has 2 rings (SSSR count). The lowest BCUT2D eigenvalue weighted by Gasteiger charge is -2.18. The van der Waals surface area contributed by atoms with Crippen LogP contribution in [0.25, 0.3) is 11.1 Å². The maximum Gasteiger partial charge on any atom is 0.355 e. The number of hydrogen-bond donors (Lipinski definition) is 1. The summed E-state index contributed by atoms with van der Waals surface area (Å²) in [4.78, 5) is 14.8. The number of aromatic nitrogens is 1. The third-order valence-electron chi connectivity index (χ3n) is 2.41. The number of hydrogen-bond acceptors (Lipinski definition) is 2. The van der Waals surface area contributed by atoms with Gasteiger partial charge in [-0.05, 0) is 38.0 Å². The number of esters is 1.